The first-order chi connectivity index (χ1) is 8.54. The number of nitrogens with two attached hydrogens (primary N) is 1. The van der Waals surface area contributed by atoms with E-state index < -0.39 is 0 Å². The van der Waals surface area contributed by atoms with Crippen LogP contribution in [0.15, 0.2) is 12.3 Å². The minimum Gasteiger partial charge on any atom is -0.330 e. The molecule has 0 radical (unpaired) electrons. The van der Waals surface area contributed by atoms with Crippen LogP contribution in [0.5, 0.6) is 0 Å². The zero-order valence-corrected chi connectivity index (χ0v) is 12.0. The lowest BCUT2D eigenvalue weighted by atomic mass is 10.3. The molecule has 0 spiro atoms. The van der Waals surface area contributed by atoms with E-state index in [1.807, 2.05) is 19.9 Å². The summed E-state index contributed by atoms with van der Waals surface area (Å²) in [6, 6.07) is 2.05. The molecular formula is C12H22N4OS. The summed E-state index contributed by atoms with van der Waals surface area (Å²) in [7, 11) is 0. The van der Waals surface area contributed by atoms with Crippen molar-refractivity contribution in [2.45, 2.75) is 38.5 Å². The maximum absolute atomic E-state index is 11.8. The van der Waals surface area contributed by atoms with Gasteiger partial charge in [-0.05, 0) is 26.8 Å². The van der Waals surface area contributed by atoms with Crippen molar-refractivity contribution >= 4 is 23.5 Å². The fourth-order valence-electron chi connectivity index (χ4n) is 1.54. The first-order valence-corrected chi connectivity index (χ1v) is 7.24. The molecule has 0 fully saturated rings. The lowest BCUT2D eigenvalue weighted by Gasteiger charge is -2.13. The summed E-state index contributed by atoms with van der Waals surface area (Å²) in [5, 5.41) is 7.46. The molecule has 5 nitrogen and oxygen atoms in total. The van der Waals surface area contributed by atoms with Crippen LogP contribution in [-0.4, -0.2) is 33.2 Å². The smallest absolute Gasteiger partial charge is 0.235 e. The van der Waals surface area contributed by atoms with Crippen LogP contribution >= 0.6 is 11.8 Å². The Balaban J connectivity index is 2.42. The Bertz CT molecular complexity index is 378. The van der Waals surface area contributed by atoms with Gasteiger partial charge in [0.05, 0.1) is 11.9 Å². The normalized spacial score (nSPS) is 12.7. The van der Waals surface area contributed by atoms with Crippen LogP contribution in [0.1, 0.15) is 33.2 Å². The molecule has 1 aromatic rings. The summed E-state index contributed by atoms with van der Waals surface area (Å²) < 4.78 is 1.80. The second kappa shape index (κ2) is 7.43. The molecule has 18 heavy (non-hydrogen) atoms. The maximum atomic E-state index is 11.8. The van der Waals surface area contributed by atoms with Crippen molar-refractivity contribution in [1.82, 2.24) is 9.78 Å². The van der Waals surface area contributed by atoms with Crippen molar-refractivity contribution in [3.8, 4) is 0 Å². The molecule has 0 saturated carbocycles. The van der Waals surface area contributed by atoms with E-state index in [0.29, 0.717) is 17.5 Å². The first kappa shape index (κ1) is 15.0. The maximum Gasteiger partial charge on any atom is 0.235 e. The minimum atomic E-state index is 0.00581. The molecular weight excluding hydrogens is 248 g/mol. The van der Waals surface area contributed by atoms with Crippen molar-refractivity contribution in [1.29, 1.82) is 0 Å². The van der Waals surface area contributed by atoms with Gasteiger partial charge < -0.3 is 11.1 Å². The van der Waals surface area contributed by atoms with Crippen LogP contribution in [0.3, 0.4) is 0 Å². The zero-order chi connectivity index (χ0) is 13.5. The molecule has 102 valence electrons. The quantitative estimate of drug-likeness (QED) is 0.793. The number of anilines is 1. The molecule has 0 bridgehead atoms. The average Bonchev–Trinajstić information content (AvgIpc) is 2.75. The number of carbonyl (C=O) groups is 1. The number of hydrogen-bond donors (Lipinski definition) is 2. The van der Waals surface area contributed by atoms with E-state index >= 15 is 0 Å². The minimum absolute atomic E-state index is 0.00581. The highest BCUT2D eigenvalue weighted by Crippen LogP contribution is 2.16. The summed E-state index contributed by atoms with van der Waals surface area (Å²) in [6.45, 7) is 6.81. The van der Waals surface area contributed by atoms with Crippen LogP contribution < -0.4 is 11.1 Å². The van der Waals surface area contributed by atoms with Crippen LogP contribution in [0, 0.1) is 0 Å². The van der Waals surface area contributed by atoms with E-state index in [4.69, 9.17) is 5.73 Å². The Labute approximate surface area is 112 Å². The Morgan fingerprint density at radius 1 is 1.56 bits per heavy atom. The third kappa shape index (κ3) is 4.70. The standard InChI is InChI=1S/C12H22N4OS/c1-9(2)16-11(5-7-14-16)15-12(17)8-18-10(3)4-6-13/h5,7,9-10H,4,6,8,13H2,1-3H3,(H,15,17). The Hall–Kier alpha value is -1.01. The van der Waals surface area contributed by atoms with E-state index in [0.717, 1.165) is 12.2 Å². The van der Waals surface area contributed by atoms with Crippen molar-refractivity contribution in [2.75, 3.05) is 17.6 Å². The van der Waals surface area contributed by atoms with Gasteiger partial charge in [0.25, 0.3) is 0 Å². The van der Waals surface area contributed by atoms with Gasteiger partial charge in [0.2, 0.25) is 5.91 Å². The largest absolute Gasteiger partial charge is 0.330 e. The van der Waals surface area contributed by atoms with E-state index in [9.17, 15) is 4.79 Å². The fraction of sp³-hybridized carbons (Fsp3) is 0.667. The second-order valence-electron chi connectivity index (χ2n) is 4.50. The van der Waals surface area contributed by atoms with Gasteiger partial charge in [-0.2, -0.15) is 5.10 Å². The highest BCUT2D eigenvalue weighted by Gasteiger charge is 2.10. The first-order valence-electron chi connectivity index (χ1n) is 6.19. The van der Waals surface area contributed by atoms with E-state index in [-0.39, 0.29) is 11.9 Å². The Kier molecular flexibility index (Phi) is 6.21. The summed E-state index contributed by atoms with van der Waals surface area (Å²) in [6.07, 6.45) is 2.63. The van der Waals surface area contributed by atoms with Gasteiger partial charge >= 0.3 is 0 Å². The van der Waals surface area contributed by atoms with Gasteiger partial charge in [-0.15, -0.1) is 11.8 Å². The zero-order valence-electron chi connectivity index (χ0n) is 11.2. The highest BCUT2D eigenvalue weighted by atomic mass is 32.2. The predicted octanol–water partition coefficient (Wildman–Crippen LogP) is 1.87. The molecule has 0 saturated heterocycles. The molecule has 1 amide bonds. The molecule has 1 atom stereocenters. The number of amides is 1. The number of hydrogen-bond acceptors (Lipinski definition) is 4. The molecule has 0 aromatic carbocycles. The number of aromatic nitrogens is 2. The topological polar surface area (TPSA) is 72.9 Å². The van der Waals surface area contributed by atoms with Gasteiger partial charge in [-0.25, -0.2) is 4.68 Å². The average molecular weight is 270 g/mol. The highest BCUT2D eigenvalue weighted by molar-refractivity contribution is 8.00. The van der Waals surface area contributed by atoms with E-state index in [1.165, 1.54) is 0 Å². The summed E-state index contributed by atoms with van der Waals surface area (Å²) in [4.78, 5) is 11.8. The number of nitrogens with zero attached hydrogens (tertiary/aromatic N) is 2. The van der Waals surface area contributed by atoms with Crippen LogP contribution in [0.2, 0.25) is 0 Å². The molecule has 0 aliphatic rings. The molecule has 6 heteroatoms. The van der Waals surface area contributed by atoms with Gasteiger partial charge in [0, 0.05) is 17.4 Å². The van der Waals surface area contributed by atoms with Crippen LogP contribution in [0.4, 0.5) is 5.82 Å². The van der Waals surface area contributed by atoms with Crippen LogP contribution in [0.25, 0.3) is 0 Å². The van der Waals surface area contributed by atoms with Crippen molar-refractivity contribution in [3.05, 3.63) is 12.3 Å². The Morgan fingerprint density at radius 3 is 2.89 bits per heavy atom. The van der Waals surface area contributed by atoms with Gasteiger partial charge in [-0.3, -0.25) is 4.79 Å². The van der Waals surface area contributed by atoms with Gasteiger partial charge in [-0.1, -0.05) is 6.92 Å². The lowest BCUT2D eigenvalue weighted by Crippen LogP contribution is -2.19. The number of rotatable bonds is 7. The predicted molar refractivity (Wildman–Crippen MR) is 76.8 cm³/mol. The molecule has 0 aliphatic carbocycles. The van der Waals surface area contributed by atoms with E-state index in [1.54, 1.807) is 22.6 Å². The molecule has 3 N–H and O–H groups in total. The monoisotopic (exact) mass is 270 g/mol. The summed E-state index contributed by atoms with van der Waals surface area (Å²) >= 11 is 1.62. The lowest BCUT2D eigenvalue weighted by molar-refractivity contribution is -0.113. The number of thioether (sulfide) groups is 1. The number of carbonyl (C=O) groups excluding carboxylic acids is 1. The third-order valence-electron chi connectivity index (χ3n) is 2.50. The second-order valence-corrected chi connectivity index (χ2v) is 5.93. The summed E-state index contributed by atoms with van der Waals surface area (Å²) in [5.74, 6) is 1.21. The molecule has 0 aliphatic heterocycles. The Morgan fingerprint density at radius 2 is 2.28 bits per heavy atom. The van der Waals surface area contributed by atoms with Gasteiger partial charge in [0.1, 0.15) is 5.82 Å². The van der Waals surface area contributed by atoms with Crippen LogP contribution in [-0.2, 0) is 4.79 Å². The van der Waals surface area contributed by atoms with E-state index in [2.05, 4.69) is 17.3 Å². The third-order valence-corrected chi connectivity index (χ3v) is 3.73. The summed E-state index contributed by atoms with van der Waals surface area (Å²) in [5.41, 5.74) is 5.47. The SMILES string of the molecule is CC(CCN)SCC(=O)Nc1ccnn1C(C)C. The van der Waals surface area contributed by atoms with Gasteiger partial charge in [0.15, 0.2) is 0 Å². The molecule has 1 heterocycles. The van der Waals surface area contributed by atoms with Crippen molar-refractivity contribution in [2.24, 2.45) is 5.73 Å². The molecule has 1 aromatic heterocycles. The number of nitrogens with one attached hydrogen (secondary N) is 1. The van der Waals surface area contributed by atoms with Crippen molar-refractivity contribution in [3.63, 3.8) is 0 Å². The molecule has 1 unspecified atom stereocenters. The fourth-order valence-corrected chi connectivity index (χ4v) is 2.35. The molecule has 1 rings (SSSR count). The van der Waals surface area contributed by atoms with Crippen molar-refractivity contribution < 1.29 is 4.79 Å².